The fourth-order valence-corrected chi connectivity index (χ4v) is 3.90. The molecule has 0 aliphatic carbocycles. The van der Waals surface area contributed by atoms with Crippen LogP contribution < -0.4 is 5.32 Å². The molecule has 9 heteroatoms. The van der Waals surface area contributed by atoms with Gasteiger partial charge in [0.25, 0.3) is 5.91 Å². The van der Waals surface area contributed by atoms with Gasteiger partial charge in [-0.25, -0.2) is 9.59 Å². The van der Waals surface area contributed by atoms with Crippen LogP contribution in [-0.4, -0.2) is 56.6 Å². The molecule has 1 fully saturated rings. The third-order valence-corrected chi connectivity index (χ3v) is 4.75. The Balaban J connectivity index is 2.10. The van der Waals surface area contributed by atoms with Crippen molar-refractivity contribution in [2.24, 2.45) is 0 Å². The molecule has 0 bridgehead atoms. The minimum Gasteiger partial charge on any atom is -0.477 e. The number of carboxylic acid groups (broad SMARTS) is 1. The van der Waals surface area contributed by atoms with Crippen LogP contribution in [0.4, 0.5) is 4.79 Å². The van der Waals surface area contributed by atoms with Gasteiger partial charge in [0.2, 0.25) is 0 Å². The number of alkyl halides is 1. The number of nitrogens with one attached hydrogen (secondary N) is 1. The molecule has 2 rings (SSSR count). The van der Waals surface area contributed by atoms with E-state index in [1.165, 1.54) is 16.7 Å². The van der Waals surface area contributed by atoms with Crippen LogP contribution in [-0.2, 0) is 14.3 Å². The molecule has 2 aliphatic rings. The second-order valence-electron chi connectivity index (χ2n) is 5.92. The molecule has 122 valence electrons. The number of fused-ring (bicyclic) bond motifs is 1. The van der Waals surface area contributed by atoms with E-state index < -0.39 is 35.0 Å². The molecule has 2 atom stereocenters. The molecule has 0 saturated carbocycles. The van der Waals surface area contributed by atoms with Crippen LogP contribution in [0.15, 0.2) is 11.3 Å². The lowest BCUT2D eigenvalue weighted by atomic mass is 10.0. The van der Waals surface area contributed by atoms with E-state index in [1.807, 2.05) is 0 Å². The van der Waals surface area contributed by atoms with Gasteiger partial charge in [-0.05, 0) is 26.3 Å². The number of carboxylic acids is 1. The SMILES string of the molecule is CC(C)(C)OC(=O)NC1C(=O)N2C(C(=O)O)=C(CCl)CS[C@@H]12. The summed E-state index contributed by atoms with van der Waals surface area (Å²) in [6.07, 6.45) is -0.699. The first-order valence-corrected chi connectivity index (χ1v) is 8.19. The summed E-state index contributed by atoms with van der Waals surface area (Å²) in [6, 6.07) is -0.786. The topological polar surface area (TPSA) is 95.9 Å². The van der Waals surface area contributed by atoms with Crippen molar-refractivity contribution in [3.63, 3.8) is 0 Å². The number of ether oxygens (including phenoxy) is 1. The van der Waals surface area contributed by atoms with Crippen molar-refractivity contribution in [1.29, 1.82) is 0 Å². The maximum atomic E-state index is 12.2. The van der Waals surface area contributed by atoms with E-state index in [2.05, 4.69) is 5.32 Å². The largest absolute Gasteiger partial charge is 0.477 e. The number of hydrogen-bond donors (Lipinski definition) is 2. The predicted molar refractivity (Wildman–Crippen MR) is 81.6 cm³/mol. The van der Waals surface area contributed by atoms with Crippen molar-refractivity contribution < 1.29 is 24.2 Å². The first kappa shape index (κ1) is 17.0. The zero-order valence-corrected chi connectivity index (χ0v) is 14.0. The Bertz CT molecular complexity index is 557. The van der Waals surface area contributed by atoms with Crippen molar-refractivity contribution in [2.45, 2.75) is 37.8 Å². The smallest absolute Gasteiger partial charge is 0.408 e. The molecule has 2 heterocycles. The van der Waals surface area contributed by atoms with Gasteiger partial charge >= 0.3 is 12.1 Å². The Morgan fingerprint density at radius 2 is 2.14 bits per heavy atom. The number of alkyl carbamates (subject to hydrolysis) is 1. The average molecular weight is 349 g/mol. The third-order valence-electron chi connectivity index (χ3n) is 3.08. The number of halogens is 1. The van der Waals surface area contributed by atoms with Gasteiger partial charge in [-0.3, -0.25) is 9.69 Å². The highest BCUT2D eigenvalue weighted by Gasteiger charge is 2.54. The zero-order chi connectivity index (χ0) is 16.7. The van der Waals surface area contributed by atoms with Crippen LogP contribution in [0.3, 0.4) is 0 Å². The summed E-state index contributed by atoms with van der Waals surface area (Å²) in [6.45, 7) is 5.15. The fraction of sp³-hybridized carbons (Fsp3) is 0.615. The lowest BCUT2D eigenvalue weighted by Gasteiger charge is -2.49. The molecule has 0 radical (unpaired) electrons. The van der Waals surface area contributed by atoms with Gasteiger partial charge in [-0.15, -0.1) is 23.4 Å². The number of thioether (sulfide) groups is 1. The van der Waals surface area contributed by atoms with E-state index in [0.29, 0.717) is 11.3 Å². The number of hydrogen-bond acceptors (Lipinski definition) is 5. The Labute approximate surface area is 137 Å². The van der Waals surface area contributed by atoms with Crippen molar-refractivity contribution >= 4 is 41.3 Å². The average Bonchev–Trinajstić information content (AvgIpc) is 2.40. The summed E-state index contributed by atoms with van der Waals surface area (Å²) in [4.78, 5) is 36.5. The van der Waals surface area contributed by atoms with Crippen LogP contribution in [0.2, 0.25) is 0 Å². The minimum absolute atomic E-state index is 0.0509. The third kappa shape index (κ3) is 3.17. The molecule has 0 aromatic rings. The van der Waals surface area contributed by atoms with Gasteiger partial charge in [0, 0.05) is 11.6 Å². The minimum atomic E-state index is -1.19. The van der Waals surface area contributed by atoms with Crippen LogP contribution in [0.25, 0.3) is 0 Å². The molecule has 1 unspecified atom stereocenters. The lowest BCUT2D eigenvalue weighted by molar-refractivity contribution is -0.149. The van der Waals surface area contributed by atoms with Crippen molar-refractivity contribution in [2.75, 3.05) is 11.6 Å². The van der Waals surface area contributed by atoms with E-state index in [0.717, 1.165) is 0 Å². The lowest BCUT2D eigenvalue weighted by Crippen LogP contribution is -2.70. The van der Waals surface area contributed by atoms with Gasteiger partial charge in [0.15, 0.2) is 0 Å². The van der Waals surface area contributed by atoms with Gasteiger partial charge in [0.05, 0.1) is 0 Å². The molecule has 22 heavy (non-hydrogen) atoms. The Morgan fingerprint density at radius 3 is 2.64 bits per heavy atom. The first-order chi connectivity index (χ1) is 10.2. The molecule has 7 nitrogen and oxygen atoms in total. The number of carbonyl (C=O) groups is 3. The van der Waals surface area contributed by atoms with Gasteiger partial charge in [-0.1, -0.05) is 0 Å². The molecule has 0 aromatic carbocycles. The number of nitrogens with zero attached hydrogens (tertiary/aromatic N) is 1. The number of carbonyl (C=O) groups excluding carboxylic acids is 2. The standard InChI is InChI=1S/C13H17ClN2O5S/c1-13(2,3)21-12(20)15-7-9(17)16-8(11(18)19)6(4-14)5-22-10(7)16/h7,10H,4-5H2,1-3H3,(H,15,20)(H,18,19)/t7?,10-/m0/s1. The Hall–Kier alpha value is -1.41. The summed E-state index contributed by atoms with van der Waals surface area (Å²) in [5, 5.41) is 11.3. The quantitative estimate of drug-likeness (QED) is 0.590. The Kier molecular flexibility index (Phi) is 4.62. The maximum Gasteiger partial charge on any atom is 0.408 e. The number of amides is 2. The molecule has 2 aliphatic heterocycles. The molecule has 1 saturated heterocycles. The first-order valence-electron chi connectivity index (χ1n) is 6.61. The van der Waals surface area contributed by atoms with Gasteiger partial charge < -0.3 is 15.2 Å². The summed E-state index contributed by atoms with van der Waals surface area (Å²) in [7, 11) is 0. The number of β-lactam (4-membered cyclic amide) rings is 1. The fourth-order valence-electron chi connectivity index (χ4n) is 2.22. The van der Waals surface area contributed by atoms with Crippen molar-refractivity contribution in [3.8, 4) is 0 Å². The second-order valence-corrected chi connectivity index (χ2v) is 7.30. The van der Waals surface area contributed by atoms with E-state index in [-0.39, 0.29) is 11.6 Å². The number of aliphatic carboxylic acids is 1. The molecular weight excluding hydrogens is 332 g/mol. The molecule has 2 N–H and O–H groups in total. The summed E-state index contributed by atoms with van der Waals surface area (Å²) in [5.74, 6) is -1.20. The van der Waals surface area contributed by atoms with Gasteiger partial charge in [0.1, 0.15) is 22.7 Å². The van der Waals surface area contributed by atoms with Crippen molar-refractivity contribution in [1.82, 2.24) is 10.2 Å². The van der Waals surface area contributed by atoms with Crippen LogP contribution >= 0.6 is 23.4 Å². The van der Waals surface area contributed by atoms with Crippen LogP contribution in [0.1, 0.15) is 20.8 Å². The highest BCUT2D eigenvalue weighted by atomic mass is 35.5. The van der Waals surface area contributed by atoms with E-state index in [4.69, 9.17) is 16.3 Å². The van der Waals surface area contributed by atoms with Crippen LogP contribution in [0.5, 0.6) is 0 Å². The van der Waals surface area contributed by atoms with Crippen LogP contribution in [0, 0.1) is 0 Å². The maximum absolute atomic E-state index is 12.2. The number of rotatable bonds is 3. The summed E-state index contributed by atoms with van der Waals surface area (Å²) in [5.41, 5.74) is -0.251. The zero-order valence-electron chi connectivity index (χ0n) is 12.4. The normalized spacial score (nSPS) is 24.5. The predicted octanol–water partition coefficient (Wildman–Crippen LogP) is 1.37. The Morgan fingerprint density at radius 1 is 1.50 bits per heavy atom. The summed E-state index contributed by atoms with van der Waals surface area (Å²) >= 11 is 7.10. The van der Waals surface area contributed by atoms with Gasteiger partial charge in [-0.2, -0.15) is 0 Å². The molecule has 2 amide bonds. The highest BCUT2D eigenvalue weighted by molar-refractivity contribution is 8.00. The van der Waals surface area contributed by atoms with Crippen molar-refractivity contribution in [3.05, 3.63) is 11.3 Å². The molecule has 0 aromatic heterocycles. The van der Waals surface area contributed by atoms with E-state index in [1.54, 1.807) is 20.8 Å². The monoisotopic (exact) mass is 348 g/mol. The molecule has 0 spiro atoms. The second kappa shape index (κ2) is 6.00. The summed E-state index contributed by atoms with van der Waals surface area (Å²) < 4.78 is 5.11. The van der Waals surface area contributed by atoms with E-state index >= 15 is 0 Å². The highest BCUT2D eigenvalue weighted by Crippen LogP contribution is 2.40. The molecular formula is C13H17ClN2O5S. The van der Waals surface area contributed by atoms with E-state index in [9.17, 15) is 19.5 Å².